The Morgan fingerprint density at radius 3 is 3.05 bits per heavy atom. The zero-order valence-electron chi connectivity index (χ0n) is 10.2. The third-order valence-electron chi connectivity index (χ3n) is 3.05. The van der Waals surface area contributed by atoms with Crippen LogP contribution in [0.15, 0.2) is 46.3 Å². The molecule has 4 rings (SSSR count). The van der Waals surface area contributed by atoms with Gasteiger partial charge in [-0.05, 0) is 12.1 Å². The lowest BCUT2D eigenvalue weighted by molar-refractivity contribution is 0.0999. The number of hydrogen-bond acceptors (Lipinski definition) is 4. The molecular formula is C14H9N3O2S. The van der Waals surface area contributed by atoms with Crippen molar-refractivity contribution in [2.75, 3.05) is 5.32 Å². The van der Waals surface area contributed by atoms with Crippen molar-refractivity contribution < 1.29 is 9.21 Å². The minimum Gasteiger partial charge on any atom is -0.449 e. The fourth-order valence-electron chi connectivity index (χ4n) is 2.17. The van der Waals surface area contributed by atoms with E-state index in [1.54, 1.807) is 17.6 Å². The van der Waals surface area contributed by atoms with E-state index in [0.29, 0.717) is 10.7 Å². The van der Waals surface area contributed by atoms with Gasteiger partial charge in [-0.25, -0.2) is 4.98 Å². The van der Waals surface area contributed by atoms with E-state index in [9.17, 15) is 4.79 Å². The van der Waals surface area contributed by atoms with Crippen LogP contribution in [-0.2, 0) is 0 Å². The van der Waals surface area contributed by atoms with Gasteiger partial charge in [-0.2, -0.15) is 0 Å². The number of para-hydroxylation sites is 1. The minimum atomic E-state index is -0.298. The van der Waals surface area contributed by atoms with Crippen molar-refractivity contribution in [1.29, 1.82) is 0 Å². The molecule has 20 heavy (non-hydrogen) atoms. The molecular weight excluding hydrogens is 274 g/mol. The number of nitrogens with zero attached hydrogens (tertiary/aromatic N) is 1. The number of hydrogen-bond donors (Lipinski definition) is 2. The molecule has 3 heterocycles. The van der Waals surface area contributed by atoms with E-state index in [2.05, 4.69) is 15.3 Å². The number of rotatable bonds is 2. The molecule has 0 unspecified atom stereocenters. The Kier molecular flexibility index (Phi) is 2.37. The molecule has 0 fully saturated rings. The number of fused-ring (bicyclic) bond motifs is 3. The lowest BCUT2D eigenvalue weighted by atomic mass is 10.2. The molecule has 4 aromatic rings. The summed E-state index contributed by atoms with van der Waals surface area (Å²) in [6.45, 7) is 0. The molecule has 0 saturated heterocycles. The molecule has 98 valence electrons. The lowest BCUT2D eigenvalue weighted by Gasteiger charge is -1.96. The summed E-state index contributed by atoms with van der Waals surface area (Å²) in [6.07, 6.45) is 1.64. The average Bonchev–Trinajstić information content (AvgIpc) is 3.12. The summed E-state index contributed by atoms with van der Waals surface area (Å²) in [5, 5.41) is 6.02. The summed E-state index contributed by atoms with van der Waals surface area (Å²) in [5.74, 6) is -0.0270. The maximum Gasteiger partial charge on any atom is 0.293 e. The lowest BCUT2D eigenvalue weighted by Crippen LogP contribution is -2.10. The Morgan fingerprint density at radius 2 is 2.20 bits per heavy atom. The van der Waals surface area contributed by atoms with Crippen LogP contribution >= 0.6 is 11.3 Å². The quantitative estimate of drug-likeness (QED) is 0.590. The molecule has 0 aliphatic heterocycles. The summed E-state index contributed by atoms with van der Waals surface area (Å²) < 4.78 is 5.67. The second-order valence-corrected chi connectivity index (χ2v) is 5.21. The maximum atomic E-state index is 12.1. The number of carbonyl (C=O) groups excluding carboxylic acids is 1. The fraction of sp³-hybridized carbons (Fsp3) is 0. The van der Waals surface area contributed by atoms with E-state index in [4.69, 9.17) is 4.42 Å². The standard InChI is InChI=1S/C14H9N3O2S/c18-13(17-14-15-5-6-20-14)11-7-10-12(19-11)8-3-1-2-4-9(8)16-10/h1-7,16H,(H,15,17,18). The minimum absolute atomic E-state index is 0.271. The molecule has 1 aromatic carbocycles. The summed E-state index contributed by atoms with van der Waals surface area (Å²) >= 11 is 1.36. The first-order valence-corrected chi connectivity index (χ1v) is 6.90. The number of amides is 1. The Bertz CT molecular complexity index is 905. The third-order valence-corrected chi connectivity index (χ3v) is 3.74. The van der Waals surface area contributed by atoms with E-state index in [0.717, 1.165) is 16.4 Å². The zero-order valence-corrected chi connectivity index (χ0v) is 11.0. The Balaban J connectivity index is 1.75. The monoisotopic (exact) mass is 283 g/mol. The number of benzene rings is 1. The normalized spacial score (nSPS) is 11.2. The Labute approximate surface area is 117 Å². The first kappa shape index (κ1) is 11.2. The predicted octanol–water partition coefficient (Wildman–Crippen LogP) is 3.62. The first-order valence-electron chi connectivity index (χ1n) is 6.02. The van der Waals surface area contributed by atoms with Gasteiger partial charge in [-0.15, -0.1) is 11.3 Å². The number of aromatic amines is 1. The highest BCUT2D eigenvalue weighted by Crippen LogP contribution is 2.28. The van der Waals surface area contributed by atoms with Crippen LogP contribution in [0.25, 0.3) is 22.0 Å². The van der Waals surface area contributed by atoms with Crippen LogP contribution in [0.2, 0.25) is 0 Å². The van der Waals surface area contributed by atoms with E-state index < -0.39 is 0 Å². The van der Waals surface area contributed by atoms with Gasteiger partial charge in [-0.3, -0.25) is 10.1 Å². The van der Waals surface area contributed by atoms with E-state index in [1.807, 2.05) is 24.3 Å². The second-order valence-electron chi connectivity index (χ2n) is 4.32. The molecule has 6 heteroatoms. The van der Waals surface area contributed by atoms with Gasteiger partial charge in [0.05, 0.1) is 5.52 Å². The smallest absolute Gasteiger partial charge is 0.293 e. The highest BCUT2D eigenvalue weighted by molar-refractivity contribution is 7.13. The van der Waals surface area contributed by atoms with E-state index in [1.165, 1.54) is 11.3 Å². The molecule has 0 bridgehead atoms. The molecule has 2 N–H and O–H groups in total. The molecule has 0 radical (unpaired) electrons. The van der Waals surface area contributed by atoms with Crippen LogP contribution in [-0.4, -0.2) is 15.9 Å². The van der Waals surface area contributed by atoms with Gasteiger partial charge in [0.15, 0.2) is 16.5 Å². The van der Waals surface area contributed by atoms with Crippen molar-refractivity contribution in [2.24, 2.45) is 0 Å². The molecule has 1 amide bonds. The van der Waals surface area contributed by atoms with Gasteiger partial charge < -0.3 is 9.40 Å². The van der Waals surface area contributed by atoms with Crippen molar-refractivity contribution in [2.45, 2.75) is 0 Å². The first-order chi connectivity index (χ1) is 9.81. The van der Waals surface area contributed by atoms with Gasteiger partial charge in [0.25, 0.3) is 5.91 Å². The topological polar surface area (TPSA) is 70.9 Å². The maximum absolute atomic E-state index is 12.1. The predicted molar refractivity (Wildman–Crippen MR) is 78.1 cm³/mol. The fourth-order valence-corrected chi connectivity index (χ4v) is 2.70. The van der Waals surface area contributed by atoms with Gasteiger partial charge in [0.1, 0.15) is 0 Å². The van der Waals surface area contributed by atoms with E-state index >= 15 is 0 Å². The van der Waals surface area contributed by atoms with Crippen LogP contribution in [0.1, 0.15) is 10.6 Å². The number of nitrogens with one attached hydrogen (secondary N) is 2. The number of aromatic nitrogens is 2. The van der Waals surface area contributed by atoms with Crippen molar-refractivity contribution in [3.8, 4) is 0 Å². The average molecular weight is 283 g/mol. The summed E-state index contributed by atoms with van der Waals surface area (Å²) in [6, 6.07) is 9.53. The number of carbonyl (C=O) groups is 1. The van der Waals surface area contributed by atoms with Crippen molar-refractivity contribution in [3.05, 3.63) is 47.7 Å². The third kappa shape index (κ3) is 1.70. The largest absolute Gasteiger partial charge is 0.449 e. The number of anilines is 1. The van der Waals surface area contributed by atoms with Crippen LogP contribution in [0.3, 0.4) is 0 Å². The molecule has 3 aromatic heterocycles. The van der Waals surface area contributed by atoms with E-state index in [-0.39, 0.29) is 11.7 Å². The second kappa shape index (κ2) is 4.21. The Hall–Kier alpha value is -2.60. The van der Waals surface area contributed by atoms with Crippen LogP contribution < -0.4 is 5.32 Å². The van der Waals surface area contributed by atoms with Crippen LogP contribution in [0.4, 0.5) is 5.13 Å². The van der Waals surface area contributed by atoms with Gasteiger partial charge in [-0.1, -0.05) is 12.1 Å². The Morgan fingerprint density at radius 1 is 1.30 bits per heavy atom. The summed E-state index contributed by atoms with van der Waals surface area (Å²) in [4.78, 5) is 19.3. The zero-order chi connectivity index (χ0) is 13.5. The van der Waals surface area contributed by atoms with Gasteiger partial charge >= 0.3 is 0 Å². The van der Waals surface area contributed by atoms with Crippen molar-refractivity contribution in [1.82, 2.24) is 9.97 Å². The highest BCUT2D eigenvalue weighted by Gasteiger charge is 2.16. The highest BCUT2D eigenvalue weighted by atomic mass is 32.1. The molecule has 0 spiro atoms. The molecule has 5 nitrogen and oxygen atoms in total. The molecule has 0 atom stereocenters. The summed E-state index contributed by atoms with van der Waals surface area (Å²) in [7, 11) is 0. The van der Waals surface area contributed by atoms with Crippen molar-refractivity contribution in [3.63, 3.8) is 0 Å². The summed E-state index contributed by atoms with van der Waals surface area (Å²) in [5.41, 5.74) is 2.51. The van der Waals surface area contributed by atoms with Crippen LogP contribution in [0, 0.1) is 0 Å². The SMILES string of the molecule is O=C(Nc1nccs1)c1cc2[nH]c3ccccc3c2o1. The van der Waals surface area contributed by atoms with Crippen molar-refractivity contribution >= 4 is 44.4 Å². The number of thiazole rings is 1. The number of furan rings is 1. The molecule has 0 aliphatic carbocycles. The van der Waals surface area contributed by atoms with Gasteiger partial charge in [0, 0.05) is 28.5 Å². The number of H-pyrrole nitrogens is 1. The van der Waals surface area contributed by atoms with Gasteiger partial charge in [0.2, 0.25) is 0 Å². The molecule has 0 aliphatic rings. The van der Waals surface area contributed by atoms with Crippen LogP contribution in [0.5, 0.6) is 0 Å². The molecule has 0 saturated carbocycles.